The van der Waals surface area contributed by atoms with Crippen molar-refractivity contribution in [3.63, 3.8) is 0 Å². The molecule has 4 nitrogen and oxygen atoms in total. The highest BCUT2D eigenvalue weighted by Gasteiger charge is 2.36. The van der Waals surface area contributed by atoms with Gasteiger partial charge in [0.1, 0.15) is 0 Å². The maximum atomic E-state index is 4.69. The Morgan fingerprint density at radius 2 is 0.836 bits per heavy atom. The van der Waals surface area contributed by atoms with Crippen LogP contribution in [-0.2, 0) is 5.41 Å². The van der Waals surface area contributed by atoms with Crippen LogP contribution in [0.15, 0.2) is 207 Å². The van der Waals surface area contributed by atoms with Gasteiger partial charge in [-0.15, -0.1) is 0 Å². The summed E-state index contributed by atoms with van der Waals surface area (Å²) in [6, 6.07) is 68.6. The number of benzene rings is 8. The van der Waals surface area contributed by atoms with Gasteiger partial charge in [-0.05, 0) is 110 Å². The minimum absolute atomic E-state index is 0.170. The van der Waals surface area contributed by atoms with Gasteiger partial charge >= 0.3 is 0 Å². The minimum Gasteiger partial charge on any atom is -0.309 e. The number of rotatable bonds is 6. The Hall–Kier alpha value is -7.82. The summed E-state index contributed by atoms with van der Waals surface area (Å²) in [4.78, 5) is 9.24. The Labute approximate surface area is 354 Å². The van der Waals surface area contributed by atoms with E-state index in [2.05, 4.69) is 221 Å². The van der Waals surface area contributed by atoms with Crippen LogP contribution >= 0.6 is 0 Å². The van der Waals surface area contributed by atoms with Crippen molar-refractivity contribution in [2.75, 3.05) is 0 Å². The first-order chi connectivity index (χ1) is 30.0. The van der Waals surface area contributed by atoms with Crippen molar-refractivity contribution in [1.82, 2.24) is 18.9 Å². The fourth-order valence-corrected chi connectivity index (χ4v) is 9.67. The molecule has 1 aliphatic carbocycles. The number of fused-ring (bicyclic) bond motifs is 7. The van der Waals surface area contributed by atoms with Crippen molar-refractivity contribution in [3.05, 3.63) is 218 Å². The molecule has 0 saturated carbocycles. The normalized spacial score (nSPS) is 12.9. The van der Waals surface area contributed by atoms with Crippen molar-refractivity contribution >= 4 is 27.6 Å². The smallest absolute Gasteiger partial charge is 0.234 e. The highest BCUT2D eigenvalue weighted by atomic mass is 15.1. The number of aromatic nitrogens is 4. The lowest BCUT2D eigenvalue weighted by Gasteiger charge is -2.22. The molecule has 0 aliphatic heterocycles. The van der Waals surface area contributed by atoms with Crippen LogP contribution in [0.1, 0.15) is 25.0 Å². The number of nitrogens with zero attached hydrogens (tertiary/aromatic N) is 4. The van der Waals surface area contributed by atoms with Crippen LogP contribution in [0, 0.1) is 0 Å². The molecule has 0 unspecified atom stereocenters. The van der Waals surface area contributed by atoms with Gasteiger partial charge in [0.25, 0.3) is 0 Å². The summed E-state index contributed by atoms with van der Waals surface area (Å²) in [5.74, 6) is 0.693. The van der Waals surface area contributed by atoms with E-state index in [0.717, 1.165) is 28.1 Å². The molecule has 4 heteroatoms. The van der Waals surface area contributed by atoms with E-state index in [1.54, 1.807) is 0 Å². The van der Waals surface area contributed by atoms with Crippen LogP contribution in [0.3, 0.4) is 0 Å². The highest BCUT2D eigenvalue weighted by Crippen LogP contribution is 2.51. The van der Waals surface area contributed by atoms with Gasteiger partial charge in [-0.1, -0.05) is 153 Å². The molecule has 0 N–H and O–H groups in total. The van der Waals surface area contributed by atoms with Crippen LogP contribution < -0.4 is 0 Å². The van der Waals surface area contributed by atoms with Crippen LogP contribution in [0.4, 0.5) is 0 Å². The third-order valence-electron chi connectivity index (χ3n) is 12.9. The largest absolute Gasteiger partial charge is 0.309 e. The average Bonchev–Trinajstić information content (AvgIpc) is 3.97. The maximum Gasteiger partial charge on any atom is 0.234 e. The van der Waals surface area contributed by atoms with Crippen LogP contribution in [0.5, 0.6) is 0 Å². The van der Waals surface area contributed by atoms with Crippen LogP contribution in [-0.4, -0.2) is 18.9 Å². The van der Waals surface area contributed by atoms with Gasteiger partial charge in [-0.3, -0.25) is 4.40 Å². The molecule has 0 radical (unpaired) electrons. The Morgan fingerprint density at radius 1 is 0.393 bits per heavy atom. The summed E-state index contributed by atoms with van der Waals surface area (Å²) in [5, 5.41) is 2.51. The Bertz CT molecular complexity index is 3470. The van der Waals surface area contributed by atoms with E-state index >= 15 is 0 Å². The van der Waals surface area contributed by atoms with E-state index in [1.807, 2.05) is 18.5 Å². The Morgan fingerprint density at radius 3 is 1.44 bits per heavy atom. The molecule has 3 aromatic heterocycles. The number of hydrogen-bond donors (Lipinski definition) is 0. The zero-order valence-corrected chi connectivity index (χ0v) is 33.9. The molecule has 0 saturated heterocycles. The molecule has 12 rings (SSSR count). The second-order valence-corrected chi connectivity index (χ2v) is 16.7. The molecule has 11 aromatic rings. The van der Waals surface area contributed by atoms with Crippen molar-refractivity contribution in [3.8, 4) is 72.6 Å². The lowest BCUT2D eigenvalue weighted by Crippen LogP contribution is -2.15. The zero-order valence-electron chi connectivity index (χ0n) is 33.9. The highest BCUT2D eigenvalue weighted by molar-refractivity contribution is 6.11. The third-order valence-corrected chi connectivity index (χ3v) is 12.9. The second-order valence-electron chi connectivity index (χ2n) is 16.7. The first-order valence-electron chi connectivity index (χ1n) is 21.0. The molecule has 8 aromatic carbocycles. The number of hydrogen-bond acceptors (Lipinski definition) is 2. The standard InChI is InChI=1S/C57H40N4/c1-57(2)51-32-43(38-18-20-39(21-19-38)45-34-58-56-59-35-55(60(56)36-45)40-14-8-4-9-15-40)22-26-47(51)48-27-23-44(33-52(48)57)42-25-29-54-50(31-42)49-30-41(37-12-6-3-7-13-37)24-28-53(49)61(54)46-16-10-5-11-17-46/h3-36H,1-2H3. The first-order valence-corrected chi connectivity index (χ1v) is 21.0. The molecule has 1 aliphatic rings. The molecular weight excluding hydrogens is 741 g/mol. The van der Waals surface area contributed by atoms with Gasteiger partial charge in [0, 0.05) is 45.4 Å². The molecule has 0 bridgehead atoms. The van der Waals surface area contributed by atoms with Crippen molar-refractivity contribution in [2.24, 2.45) is 0 Å². The SMILES string of the molecule is CC1(C)c2cc(-c3ccc(-c4cnc5ncc(-c6ccccc6)n5c4)cc3)ccc2-c2ccc(-c3ccc4c(c3)c3cc(-c5ccccc5)ccc3n4-c3ccccc3)cc21. The fourth-order valence-electron chi connectivity index (χ4n) is 9.67. The predicted octanol–water partition coefficient (Wildman–Crippen LogP) is 14.5. The minimum atomic E-state index is -0.170. The zero-order chi connectivity index (χ0) is 40.7. The van der Waals surface area contributed by atoms with Crippen molar-refractivity contribution in [2.45, 2.75) is 19.3 Å². The monoisotopic (exact) mass is 780 g/mol. The Balaban J connectivity index is 0.884. The lowest BCUT2D eigenvalue weighted by atomic mass is 9.80. The summed E-state index contributed by atoms with van der Waals surface area (Å²) in [5.41, 5.74) is 20.4. The van der Waals surface area contributed by atoms with Gasteiger partial charge in [-0.2, -0.15) is 0 Å². The van der Waals surface area contributed by atoms with Gasteiger partial charge in [0.05, 0.1) is 22.9 Å². The summed E-state index contributed by atoms with van der Waals surface area (Å²) in [7, 11) is 0. The molecule has 3 heterocycles. The van der Waals surface area contributed by atoms with E-state index in [-0.39, 0.29) is 5.41 Å². The van der Waals surface area contributed by atoms with Gasteiger partial charge in [-0.25, -0.2) is 9.97 Å². The Kier molecular flexibility index (Phi) is 7.85. The molecule has 288 valence electrons. The first kappa shape index (κ1) is 35.2. The number of imidazole rings is 1. The molecule has 0 amide bonds. The topological polar surface area (TPSA) is 35.1 Å². The average molecular weight is 781 g/mol. The van der Waals surface area contributed by atoms with E-state index in [4.69, 9.17) is 0 Å². The molecule has 0 fully saturated rings. The second kappa shape index (κ2) is 13.6. The van der Waals surface area contributed by atoms with Crippen molar-refractivity contribution in [1.29, 1.82) is 0 Å². The maximum absolute atomic E-state index is 4.69. The fraction of sp³-hybridized carbons (Fsp3) is 0.0526. The third kappa shape index (κ3) is 5.67. The quantitative estimate of drug-likeness (QED) is 0.168. The predicted molar refractivity (Wildman–Crippen MR) is 252 cm³/mol. The molecule has 0 spiro atoms. The van der Waals surface area contributed by atoms with E-state index < -0.39 is 0 Å². The van der Waals surface area contributed by atoms with E-state index in [1.165, 1.54) is 77.4 Å². The number of para-hydroxylation sites is 1. The van der Waals surface area contributed by atoms with Crippen LogP contribution in [0.25, 0.3) is 100 Å². The summed E-state index contributed by atoms with van der Waals surface area (Å²) >= 11 is 0. The molecule has 0 atom stereocenters. The molecule has 61 heavy (non-hydrogen) atoms. The van der Waals surface area contributed by atoms with Crippen LogP contribution in [0.2, 0.25) is 0 Å². The van der Waals surface area contributed by atoms with Crippen molar-refractivity contribution < 1.29 is 0 Å². The summed E-state index contributed by atoms with van der Waals surface area (Å²) < 4.78 is 4.48. The van der Waals surface area contributed by atoms with E-state index in [9.17, 15) is 0 Å². The van der Waals surface area contributed by atoms with Gasteiger partial charge in [0.15, 0.2) is 0 Å². The summed E-state index contributed by atoms with van der Waals surface area (Å²) in [6.07, 6.45) is 5.95. The molecular formula is C57H40N4. The lowest BCUT2D eigenvalue weighted by molar-refractivity contribution is 0.661. The van der Waals surface area contributed by atoms with Gasteiger partial charge in [0.2, 0.25) is 5.78 Å². The summed E-state index contributed by atoms with van der Waals surface area (Å²) in [6.45, 7) is 4.75. The van der Waals surface area contributed by atoms with Gasteiger partial charge < -0.3 is 4.57 Å². The van der Waals surface area contributed by atoms with E-state index in [0.29, 0.717) is 5.78 Å².